The van der Waals surface area contributed by atoms with E-state index in [0.29, 0.717) is 12.0 Å². The van der Waals surface area contributed by atoms with Gasteiger partial charge < -0.3 is 11.1 Å². The third kappa shape index (κ3) is 6.27. The summed E-state index contributed by atoms with van der Waals surface area (Å²) in [5.41, 5.74) is 6.23. The average Bonchev–Trinajstić information content (AvgIpc) is 2.80. The largest absolute Gasteiger partial charge is 0.370 e. The van der Waals surface area contributed by atoms with Gasteiger partial charge in [-0.05, 0) is 24.7 Å². The van der Waals surface area contributed by atoms with Gasteiger partial charge in [-0.15, -0.1) is 0 Å². The van der Waals surface area contributed by atoms with Crippen LogP contribution in [0, 0.1) is 5.41 Å². The number of nitrogens with one attached hydrogen (secondary N) is 1. The van der Waals surface area contributed by atoms with Crippen LogP contribution < -0.4 is 11.1 Å². The van der Waals surface area contributed by atoms with E-state index in [2.05, 4.69) is 31.1 Å². The molecule has 3 nitrogen and oxygen atoms in total. The predicted molar refractivity (Wildman–Crippen MR) is 79.8 cm³/mol. The van der Waals surface area contributed by atoms with Crippen LogP contribution in [0.4, 0.5) is 0 Å². The Morgan fingerprint density at radius 1 is 1.28 bits per heavy atom. The van der Waals surface area contributed by atoms with Crippen molar-refractivity contribution in [1.29, 1.82) is 0 Å². The van der Waals surface area contributed by atoms with Gasteiger partial charge in [0.05, 0.1) is 0 Å². The molecule has 3 N–H and O–H groups in total. The Balaban J connectivity index is 2.26. The van der Waals surface area contributed by atoms with Crippen molar-refractivity contribution in [2.45, 2.75) is 78.2 Å². The minimum absolute atomic E-state index is 0.275. The summed E-state index contributed by atoms with van der Waals surface area (Å²) >= 11 is 0. The molecule has 0 bridgehead atoms. The molecule has 0 atom stereocenters. The quantitative estimate of drug-likeness (QED) is 0.415. The molecule has 0 unspecified atom stereocenters. The molecular weight excluding hydrogens is 222 g/mol. The first kappa shape index (κ1) is 15.3. The Labute approximate surface area is 113 Å². The van der Waals surface area contributed by atoms with E-state index in [1.54, 1.807) is 0 Å². The first-order chi connectivity index (χ1) is 8.53. The van der Waals surface area contributed by atoms with Crippen molar-refractivity contribution in [2.24, 2.45) is 16.1 Å². The Kier molecular flexibility index (Phi) is 6.51. The van der Waals surface area contributed by atoms with Gasteiger partial charge in [0, 0.05) is 12.6 Å². The van der Waals surface area contributed by atoms with Crippen molar-refractivity contribution in [3.05, 3.63) is 0 Å². The maximum atomic E-state index is 5.95. The molecule has 0 aromatic carbocycles. The smallest absolute Gasteiger partial charge is 0.188 e. The third-order valence-electron chi connectivity index (χ3n) is 3.84. The van der Waals surface area contributed by atoms with Gasteiger partial charge in [-0.2, -0.15) is 0 Å². The van der Waals surface area contributed by atoms with E-state index < -0.39 is 0 Å². The Morgan fingerprint density at radius 2 is 1.94 bits per heavy atom. The van der Waals surface area contributed by atoms with Crippen LogP contribution in [0.3, 0.4) is 0 Å². The van der Waals surface area contributed by atoms with Gasteiger partial charge in [0.1, 0.15) is 0 Å². The van der Waals surface area contributed by atoms with Crippen molar-refractivity contribution >= 4 is 5.96 Å². The molecule has 0 radical (unpaired) electrons. The van der Waals surface area contributed by atoms with E-state index in [1.165, 1.54) is 51.4 Å². The highest BCUT2D eigenvalue weighted by Crippen LogP contribution is 2.24. The summed E-state index contributed by atoms with van der Waals surface area (Å²) in [4.78, 5) is 4.52. The number of nitrogens with zero attached hydrogens (tertiary/aromatic N) is 1. The zero-order valence-electron chi connectivity index (χ0n) is 12.5. The predicted octanol–water partition coefficient (Wildman–Crippen LogP) is 3.44. The fourth-order valence-corrected chi connectivity index (χ4v) is 2.56. The summed E-state index contributed by atoms with van der Waals surface area (Å²) in [6.07, 6.45) is 10.3. The summed E-state index contributed by atoms with van der Waals surface area (Å²) in [5, 5.41) is 3.35. The number of aliphatic imine (C=N–C) groups is 1. The average molecular weight is 253 g/mol. The summed E-state index contributed by atoms with van der Waals surface area (Å²) in [7, 11) is 0. The molecule has 0 saturated heterocycles. The molecule has 1 rings (SSSR count). The fourth-order valence-electron chi connectivity index (χ4n) is 2.56. The highest BCUT2D eigenvalue weighted by molar-refractivity contribution is 5.78. The molecule has 3 heteroatoms. The second-order valence-corrected chi connectivity index (χ2v) is 6.45. The van der Waals surface area contributed by atoms with Crippen LogP contribution in [0.1, 0.15) is 72.1 Å². The Bertz CT molecular complexity index is 252. The van der Waals surface area contributed by atoms with Crippen molar-refractivity contribution in [1.82, 2.24) is 5.32 Å². The number of hydrogen-bond acceptors (Lipinski definition) is 1. The van der Waals surface area contributed by atoms with Gasteiger partial charge in [0.25, 0.3) is 0 Å². The third-order valence-corrected chi connectivity index (χ3v) is 3.84. The van der Waals surface area contributed by atoms with E-state index in [4.69, 9.17) is 5.73 Å². The zero-order valence-corrected chi connectivity index (χ0v) is 12.5. The second kappa shape index (κ2) is 7.65. The maximum Gasteiger partial charge on any atom is 0.188 e. The number of hydrogen-bond donors (Lipinski definition) is 2. The molecule has 106 valence electrons. The minimum Gasteiger partial charge on any atom is -0.370 e. The number of rotatable bonds is 7. The SMILES string of the molecule is CCCCCC(C)(C)CN=C(N)NC1CCCC1. The number of unbranched alkanes of at least 4 members (excludes halogenated alkanes) is 2. The van der Waals surface area contributed by atoms with Crippen LogP contribution in [-0.2, 0) is 0 Å². The zero-order chi connectivity index (χ0) is 13.4. The topological polar surface area (TPSA) is 50.4 Å². The van der Waals surface area contributed by atoms with Crippen LogP contribution >= 0.6 is 0 Å². The van der Waals surface area contributed by atoms with Crippen LogP contribution in [0.5, 0.6) is 0 Å². The highest BCUT2D eigenvalue weighted by Gasteiger charge is 2.18. The van der Waals surface area contributed by atoms with Crippen molar-refractivity contribution < 1.29 is 0 Å². The lowest BCUT2D eigenvalue weighted by atomic mass is 9.87. The van der Waals surface area contributed by atoms with Gasteiger partial charge >= 0.3 is 0 Å². The maximum absolute atomic E-state index is 5.95. The van der Waals surface area contributed by atoms with Crippen LogP contribution in [-0.4, -0.2) is 18.5 Å². The molecule has 0 aromatic heterocycles. The summed E-state index contributed by atoms with van der Waals surface area (Å²) in [6.45, 7) is 7.65. The van der Waals surface area contributed by atoms with Gasteiger partial charge in [-0.25, -0.2) is 0 Å². The summed E-state index contributed by atoms with van der Waals surface area (Å²) < 4.78 is 0. The molecule has 18 heavy (non-hydrogen) atoms. The summed E-state index contributed by atoms with van der Waals surface area (Å²) in [5.74, 6) is 0.644. The van der Waals surface area contributed by atoms with Crippen LogP contribution in [0.25, 0.3) is 0 Å². The lowest BCUT2D eigenvalue weighted by Crippen LogP contribution is -2.39. The van der Waals surface area contributed by atoms with Crippen molar-refractivity contribution in [2.75, 3.05) is 6.54 Å². The molecule has 1 aliphatic carbocycles. The first-order valence-corrected chi connectivity index (χ1v) is 7.60. The molecular formula is C15H31N3. The Hall–Kier alpha value is -0.730. The van der Waals surface area contributed by atoms with Gasteiger partial charge in [-0.1, -0.05) is 52.9 Å². The molecule has 0 spiro atoms. The monoisotopic (exact) mass is 253 g/mol. The summed E-state index contributed by atoms with van der Waals surface area (Å²) in [6, 6.07) is 0.567. The van der Waals surface area contributed by atoms with Gasteiger partial charge in [0.15, 0.2) is 5.96 Å². The van der Waals surface area contributed by atoms with E-state index >= 15 is 0 Å². The van der Waals surface area contributed by atoms with E-state index in [1.807, 2.05) is 0 Å². The molecule has 0 aromatic rings. The standard InChI is InChI=1S/C15H31N3/c1-4-5-8-11-15(2,3)12-17-14(16)18-13-9-6-7-10-13/h13H,4-12H2,1-3H3,(H3,16,17,18). The fraction of sp³-hybridized carbons (Fsp3) is 0.933. The molecule has 0 aliphatic heterocycles. The molecule has 1 saturated carbocycles. The number of nitrogens with two attached hydrogens (primary N) is 1. The molecule has 1 fully saturated rings. The lowest BCUT2D eigenvalue weighted by molar-refractivity contribution is 0.333. The lowest BCUT2D eigenvalue weighted by Gasteiger charge is -2.23. The first-order valence-electron chi connectivity index (χ1n) is 7.60. The van der Waals surface area contributed by atoms with Crippen LogP contribution in [0.15, 0.2) is 4.99 Å². The second-order valence-electron chi connectivity index (χ2n) is 6.45. The number of guanidine groups is 1. The van der Waals surface area contributed by atoms with Crippen molar-refractivity contribution in [3.63, 3.8) is 0 Å². The molecule has 1 aliphatic rings. The van der Waals surface area contributed by atoms with E-state index in [0.717, 1.165) is 6.54 Å². The van der Waals surface area contributed by atoms with Crippen LogP contribution in [0.2, 0.25) is 0 Å². The van der Waals surface area contributed by atoms with Gasteiger partial charge in [-0.3, -0.25) is 4.99 Å². The normalized spacial score (nSPS) is 18.3. The van der Waals surface area contributed by atoms with E-state index in [-0.39, 0.29) is 5.41 Å². The van der Waals surface area contributed by atoms with Gasteiger partial charge in [0.2, 0.25) is 0 Å². The molecule has 0 amide bonds. The Morgan fingerprint density at radius 3 is 2.56 bits per heavy atom. The van der Waals surface area contributed by atoms with Crippen molar-refractivity contribution in [3.8, 4) is 0 Å². The highest BCUT2D eigenvalue weighted by atomic mass is 15.1. The van der Waals surface area contributed by atoms with E-state index in [9.17, 15) is 0 Å². The minimum atomic E-state index is 0.275. The molecule has 0 heterocycles.